The Morgan fingerprint density at radius 3 is 2.60 bits per heavy atom. The Morgan fingerprint density at radius 1 is 1.35 bits per heavy atom. The van der Waals surface area contributed by atoms with Gasteiger partial charge in [-0.05, 0) is 49.5 Å². The molecular weight excluding hydrogens is 268 g/mol. The highest BCUT2D eigenvalue weighted by atomic mass is 32.1. The van der Waals surface area contributed by atoms with Crippen LogP contribution in [0.4, 0.5) is 11.5 Å². The molecule has 1 fully saturated rings. The molecule has 0 spiro atoms. The van der Waals surface area contributed by atoms with Crippen LogP contribution in [0.3, 0.4) is 0 Å². The summed E-state index contributed by atoms with van der Waals surface area (Å²) in [6.07, 6.45) is 3.16. The first-order valence-corrected chi connectivity index (χ1v) is 7.75. The van der Waals surface area contributed by atoms with Crippen molar-refractivity contribution in [1.29, 1.82) is 0 Å². The molecule has 0 unspecified atom stereocenters. The molecule has 0 aliphatic carbocycles. The van der Waals surface area contributed by atoms with Crippen molar-refractivity contribution in [2.75, 3.05) is 29.9 Å². The number of piperidine rings is 1. The fraction of sp³-hybridized carbons (Fsp3) is 0.600. The Bertz CT molecular complexity index is 436. The van der Waals surface area contributed by atoms with Gasteiger partial charge in [-0.15, -0.1) is 0 Å². The van der Waals surface area contributed by atoms with Gasteiger partial charge in [-0.3, -0.25) is 0 Å². The lowest BCUT2D eigenvalue weighted by molar-refractivity contribution is 0.355. The van der Waals surface area contributed by atoms with Crippen molar-refractivity contribution in [2.24, 2.45) is 11.8 Å². The average molecular weight is 292 g/mol. The zero-order valence-corrected chi connectivity index (χ0v) is 13.3. The summed E-state index contributed by atoms with van der Waals surface area (Å²) in [5.74, 6) is 2.53. The largest absolute Gasteiger partial charge is 0.363 e. The summed E-state index contributed by atoms with van der Waals surface area (Å²) in [5, 5.41) is 6.84. The number of nitrogens with one attached hydrogen (secondary N) is 2. The standard InChI is InChI=1S/C15H24N4S/c1-4-16-15(20)18-13-5-6-14(17-8-13)19-9-11(2)7-12(3)10-19/h5-6,8,11-12H,4,7,9-10H2,1-3H3,(H2,16,18,20)/t11-,12-/m0/s1. The van der Waals surface area contributed by atoms with E-state index in [2.05, 4.69) is 40.4 Å². The van der Waals surface area contributed by atoms with Crippen molar-refractivity contribution in [1.82, 2.24) is 10.3 Å². The molecular formula is C15H24N4S. The topological polar surface area (TPSA) is 40.2 Å². The van der Waals surface area contributed by atoms with E-state index in [1.807, 2.05) is 19.2 Å². The van der Waals surface area contributed by atoms with E-state index in [9.17, 15) is 0 Å². The molecule has 5 heteroatoms. The number of nitrogens with zero attached hydrogens (tertiary/aromatic N) is 2. The lowest BCUT2D eigenvalue weighted by Gasteiger charge is -2.35. The van der Waals surface area contributed by atoms with Gasteiger partial charge in [-0.2, -0.15) is 0 Å². The van der Waals surface area contributed by atoms with Gasteiger partial charge in [-0.25, -0.2) is 4.98 Å². The molecule has 1 aromatic rings. The van der Waals surface area contributed by atoms with Crippen LogP contribution in [-0.4, -0.2) is 29.7 Å². The molecule has 0 aromatic carbocycles. The summed E-state index contributed by atoms with van der Waals surface area (Å²) in [5.41, 5.74) is 0.929. The van der Waals surface area contributed by atoms with Crippen LogP contribution in [0.1, 0.15) is 27.2 Å². The first-order chi connectivity index (χ1) is 9.58. The van der Waals surface area contributed by atoms with Crippen molar-refractivity contribution < 1.29 is 0 Å². The summed E-state index contributed by atoms with van der Waals surface area (Å²) < 4.78 is 0. The van der Waals surface area contributed by atoms with Gasteiger partial charge in [0.25, 0.3) is 0 Å². The Morgan fingerprint density at radius 2 is 2.05 bits per heavy atom. The lowest BCUT2D eigenvalue weighted by atomic mass is 9.92. The summed E-state index contributed by atoms with van der Waals surface area (Å²) in [7, 11) is 0. The lowest BCUT2D eigenvalue weighted by Crippen LogP contribution is -2.39. The van der Waals surface area contributed by atoms with Crippen molar-refractivity contribution in [2.45, 2.75) is 27.2 Å². The molecule has 1 aliphatic rings. The first kappa shape index (κ1) is 15.0. The minimum atomic E-state index is 0.641. The van der Waals surface area contributed by atoms with Crippen molar-refractivity contribution in [3.63, 3.8) is 0 Å². The third-order valence-electron chi connectivity index (χ3n) is 3.54. The first-order valence-electron chi connectivity index (χ1n) is 7.34. The monoisotopic (exact) mass is 292 g/mol. The van der Waals surface area contributed by atoms with Gasteiger partial charge >= 0.3 is 0 Å². The van der Waals surface area contributed by atoms with Gasteiger partial charge in [0.15, 0.2) is 5.11 Å². The van der Waals surface area contributed by atoms with Crippen LogP contribution in [0.25, 0.3) is 0 Å². The summed E-state index contributed by atoms with van der Waals surface area (Å²) >= 11 is 5.16. The van der Waals surface area contributed by atoms with Crippen LogP contribution in [0.15, 0.2) is 18.3 Å². The fourth-order valence-electron chi connectivity index (χ4n) is 2.83. The summed E-state index contributed by atoms with van der Waals surface area (Å²) in [4.78, 5) is 6.94. The molecule has 2 heterocycles. The maximum atomic E-state index is 5.16. The molecule has 110 valence electrons. The van der Waals surface area contributed by atoms with Crippen LogP contribution in [0.5, 0.6) is 0 Å². The van der Waals surface area contributed by atoms with E-state index in [1.165, 1.54) is 6.42 Å². The van der Waals surface area contributed by atoms with Gasteiger partial charge in [0.1, 0.15) is 5.82 Å². The zero-order valence-electron chi connectivity index (χ0n) is 12.5. The second kappa shape index (κ2) is 6.88. The summed E-state index contributed by atoms with van der Waals surface area (Å²) in [6.45, 7) is 9.66. The van der Waals surface area contributed by atoms with Crippen LogP contribution in [0, 0.1) is 11.8 Å². The third-order valence-corrected chi connectivity index (χ3v) is 3.78. The van der Waals surface area contributed by atoms with Crippen LogP contribution >= 0.6 is 12.2 Å². The number of hydrogen-bond acceptors (Lipinski definition) is 3. The molecule has 0 bridgehead atoms. The van der Waals surface area contributed by atoms with E-state index in [0.717, 1.165) is 43.0 Å². The van der Waals surface area contributed by atoms with E-state index in [4.69, 9.17) is 12.2 Å². The average Bonchev–Trinajstić information content (AvgIpc) is 2.38. The van der Waals surface area contributed by atoms with E-state index in [-0.39, 0.29) is 0 Å². The SMILES string of the molecule is CCNC(=S)Nc1ccc(N2C[C@@H](C)C[C@H](C)C2)nc1. The Labute approximate surface area is 127 Å². The Hall–Kier alpha value is -1.36. The van der Waals surface area contributed by atoms with Gasteiger partial charge in [0.05, 0.1) is 11.9 Å². The molecule has 0 saturated carbocycles. The normalized spacial score (nSPS) is 22.4. The molecule has 0 amide bonds. The molecule has 0 radical (unpaired) electrons. The molecule has 4 nitrogen and oxygen atoms in total. The molecule has 20 heavy (non-hydrogen) atoms. The van der Waals surface area contributed by atoms with Gasteiger partial charge in [0, 0.05) is 19.6 Å². The van der Waals surface area contributed by atoms with Crippen LogP contribution < -0.4 is 15.5 Å². The Balaban J connectivity index is 1.99. The van der Waals surface area contributed by atoms with Crippen molar-refractivity contribution in [3.8, 4) is 0 Å². The third kappa shape index (κ3) is 4.07. The number of rotatable bonds is 3. The molecule has 2 atom stereocenters. The molecule has 2 N–H and O–H groups in total. The fourth-order valence-corrected chi connectivity index (χ4v) is 3.10. The summed E-state index contributed by atoms with van der Waals surface area (Å²) in [6, 6.07) is 4.11. The molecule has 2 rings (SSSR count). The second-order valence-corrected chi connectivity index (χ2v) is 6.15. The second-order valence-electron chi connectivity index (χ2n) is 5.74. The number of thiocarbonyl (C=S) groups is 1. The predicted octanol–water partition coefficient (Wildman–Crippen LogP) is 2.87. The highest BCUT2D eigenvalue weighted by Gasteiger charge is 2.22. The minimum Gasteiger partial charge on any atom is -0.363 e. The van der Waals surface area contributed by atoms with Gasteiger partial charge in [-0.1, -0.05) is 13.8 Å². The van der Waals surface area contributed by atoms with E-state index < -0.39 is 0 Å². The quantitative estimate of drug-likeness (QED) is 0.838. The predicted molar refractivity (Wildman–Crippen MR) is 89.3 cm³/mol. The van der Waals surface area contributed by atoms with Crippen LogP contribution in [0.2, 0.25) is 0 Å². The molecule has 1 aromatic heterocycles. The minimum absolute atomic E-state index is 0.641. The van der Waals surface area contributed by atoms with E-state index in [0.29, 0.717) is 5.11 Å². The smallest absolute Gasteiger partial charge is 0.170 e. The number of pyridine rings is 1. The van der Waals surface area contributed by atoms with E-state index in [1.54, 1.807) is 0 Å². The van der Waals surface area contributed by atoms with Gasteiger partial charge < -0.3 is 15.5 Å². The number of aromatic nitrogens is 1. The van der Waals surface area contributed by atoms with Gasteiger partial charge in [0.2, 0.25) is 0 Å². The molecule has 1 saturated heterocycles. The maximum Gasteiger partial charge on any atom is 0.170 e. The van der Waals surface area contributed by atoms with E-state index >= 15 is 0 Å². The highest BCUT2D eigenvalue weighted by Crippen LogP contribution is 2.25. The number of hydrogen-bond donors (Lipinski definition) is 2. The van der Waals surface area contributed by atoms with Crippen LogP contribution in [-0.2, 0) is 0 Å². The van der Waals surface area contributed by atoms with Crippen molar-refractivity contribution >= 4 is 28.8 Å². The highest BCUT2D eigenvalue weighted by molar-refractivity contribution is 7.80. The molecule has 1 aliphatic heterocycles. The number of anilines is 2. The Kier molecular flexibility index (Phi) is 5.17. The zero-order chi connectivity index (χ0) is 14.5. The van der Waals surface area contributed by atoms with Crippen molar-refractivity contribution in [3.05, 3.63) is 18.3 Å². The maximum absolute atomic E-state index is 5.16.